The molecule has 0 bridgehead atoms. The van der Waals surface area contributed by atoms with Crippen molar-refractivity contribution in [3.63, 3.8) is 0 Å². The van der Waals surface area contributed by atoms with Gasteiger partial charge in [-0.15, -0.1) is 11.3 Å². The van der Waals surface area contributed by atoms with Crippen molar-refractivity contribution in [2.75, 3.05) is 5.75 Å². The number of thioether (sulfide) groups is 1. The van der Waals surface area contributed by atoms with Crippen molar-refractivity contribution >= 4 is 33.3 Å². The lowest BCUT2D eigenvalue weighted by molar-refractivity contribution is 0.475. The predicted molar refractivity (Wildman–Crippen MR) is 84.5 cm³/mol. The van der Waals surface area contributed by atoms with Gasteiger partial charge >= 0.3 is 0 Å². The van der Waals surface area contributed by atoms with Crippen LogP contribution in [0, 0.1) is 31.1 Å². The lowest BCUT2D eigenvalue weighted by Crippen LogP contribution is -2.25. The predicted octanol–water partition coefficient (Wildman–Crippen LogP) is 3.35. The standard InChI is InChI=1S/C14H17N3OS2/c1-8(2)7-17-13(18)11-9(3)10(4)20-12(11)16-14(17)19-6-5-15/h8H,6-7H2,1-4H3. The minimum atomic E-state index is 0.0194. The van der Waals surface area contributed by atoms with Crippen molar-refractivity contribution in [3.8, 4) is 6.07 Å². The molecular formula is C14H17N3OS2. The largest absolute Gasteiger partial charge is 0.287 e. The minimum Gasteiger partial charge on any atom is -0.287 e. The Labute approximate surface area is 126 Å². The summed E-state index contributed by atoms with van der Waals surface area (Å²) in [6, 6.07) is 2.09. The van der Waals surface area contributed by atoms with E-state index in [1.54, 1.807) is 15.9 Å². The monoisotopic (exact) mass is 307 g/mol. The molecule has 2 heterocycles. The van der Waals surface area contributed by atoms with E-state index in [4.69, 9.17) is 5.26 Å². The third-order valence-electron chi connectivity index (χ3n) is 3.07. The molecule has 106 valence electrons. The number of thiophene rings is 1. The smallest absolute Gasteiger partial charge is 0.263 e. The first-order valence-electron chi connectivity index (χ1n) is 6.46. The summed E-state index contributed by atoms with van der Waals surface area (Å²) in [6.07, 6.45) is 0. The molecule has 0 unspecified atom stereocenters. The summed E-state index contributed by atoms with van der Waals surface area (Å²) in [7, 11) is 0. The molecule has 0 aliphatic carbocycles. The Bertz CT molecular complexity index is 737. The fraction of sp³-hybridized carbons (Fsp3) is 0.500. The molecule has 6 heteroatoms. The molecule has 4 nitrogen and oxygen atoms in total. The van der Waals surface area contributed by atoms with Crippen molar-refractivity contribution in [1.82, 2.24) is 9.55 Å². The normalized spacial score (nSPS) is 11.2. The molecule has 0 atom stereocenters. The van der Waals surface area contributed by atoms with Crippen LogP contribution in [0.15, 0.2) is 9.95 Å². The van der Waals surface area contributed by atoms with Gasteiger partial charge in [-0.25, -0.2) is 4.98 Å². The minimum absolute atomic E-state index is 0.0194. The second-order valence-corrected chi connectivity index (χ2v) is 7.26. The van der Waals surface area contributed by atoms with Crippen molar-refractivity contribution in [2.24, 2.45) is 5.92 Å². The summed E-state index contributed by atoms with van der Waals surface area (Å²) >= 11 is 2.88. The Morgan fingerprint density at radius 2 is 2.15 bits per heavy atom. The highest BCUT2D eigenvalue weighted by Gasteiger charge is 2.17. The van der Waals surface area contributed by atoms with Crippen LogP contribution in [0.1, 0.15) is 24.3 Å². The molecule has 2 aromatic rings. The summed E-state index contributed by atoms with van der Waals surface area (Å²) in [5.74, 6) is 0.660. The highest BCUT2D eigenvalue weighted by Crippen LogP contribution is 2.28. The fourth-order valence-corrected chi connectivity index (χ4v) is 3.78. The maximum Gasteiger partial charge on any atom is 0.263 e. The second-order valence-electron chi connectivity index (χ2n) is 5.11. The van der Waals surface area contributed by atoms with Gasteiger partial charge in [0.1, 0.15) is 4.83 Å². The molecule has 0 aromatic carbocycles. The van der Waals surface area contributed by atoms with E-state index in [1.165, 1.54) is 11.8 Å². The molecule has 0 spiro atoms. The number of aryl methyl sites for hydroxylation is 2. The van der Waals surface area contributed by atoms with Gasteiger partial charge in [-0.1, -0.05) is 25.6 Å². The van der Waals surface area contributed by atoms with Gasteiger partial charge in [0.25, 0.3) is 5.56 Å². The Morgan fingerprint density at radius 3 is 2.75 bits per heavy atom. The number of nitriles is 1. The Balaban J connectivity index is 2.70. The number of hydrogen-bond donors (Lipinski definition) is 0. The summed E-state index contributed by atoms with van der Waals surface area (Å²) in [6.45, 7) is 8.75. The molecule has 0 aliphatic rings. The first kappa shape index (κ1) is 15.1. The van der Waals surface area contributed by atoms with E-state index >= 15 is 0 Å². The highest BCUT2D eigenvalue weighted by molar-refractivity contribution is 7.99. The number of nitrogens with zero attached hydrogens (tertiary/aromatic N) is 3. The van der Waals surface area contributed by atoms with Crippen molar-refractivity contribution in [2.45, 2.75) is 39.4 Å². The van der Waals surface area contributed by atoms with Crippen LogP contribution in [0.2, 0.25) is 0 Å². The van der Waals surface area contributed by atoms with Crippen LogP contribution in [0.4, 0.5) is 0 Å². The molecule has 0 aliphatic heterocycles. The molecular weight excluding hydrogens is 290 g/mol. The topological polar surface area (TPSA) is 58.7 Å². The third-order valence-corrected chi connectivity index (χ3v) is 5.01. The van der Waals surface area contributed by atoms with Gasteiger partial charge in [-0.3, -0.25) is 9.36 Å². The lowest BCUT2D eigenvalue weighted by Gasteiger charge is -2.13. The molecule has 2 rings (SSSR count). The maximum atomic E-state index is 12.7. The highest BCUT2D eigenvalue weighted by atomic mass is 32.2. The zero-order valence-electron chi connectivity index (χ0n) is 12.1. The van der Waals surface area contributed by atoms with Crippen LogP contribution in [0.25, 0.3) is 10.2 Å². The van der Waals surface area contributed by atoms with E-state index in [1.807, 2.05) is 13.8 Å². The molecule has 0 saturated carbocycles. The lowest BCUT2D eigenvalue weighted by atomic mass is 10.2. The van der Waals surface area contributed by atoms with Gasteiger partial charge in [0.2, 0.25) is 0 Å². The van der Waals surface area contributed by atoms with E-state index in [9.17, 15) is 4.79 Å². The van der Waals surface area contributed by atoms with Crippen LogP contribution < -0.4 is 5.56 Å². The van der Waals surface area contributed by atoms with Crippen molar-refractivity contribution < 1.29 is 0 Å². The average molecular weight is 307 g/mol. The van der Waals surface area contributed by atoms with E-state index in [0.717, 1.165) is 20.7 Å². The molecule has 0 N–H and O–H groups in total. The number of rotatable bonds is 4. The average Bonchev–Trinajstić information content (AvgIpc) is 2.66. The number of aromatic nitrogens is 2. The summed E-state index contributed by atoms with van der Waals surface area (Å²) in [5.41, 5.74) is 1.04. The van der Waals surface area contributed by atoms with Crippen LogP contribution in [0.5, 0.6) is 0 Å². The van der Waals surface area contributed by atoms with Gasteiger partial charge in [0.05, 0.1) is 17.2 Å². The van der Waals surface area contributed by atoms with Gasteiger partial charge in [-0.05, 0) is 25.3 Å². The summed E-state index contributed by atoms with van der Waals surface area (Å²) in [5, 5.41) is 10.1. The fourth-order valence-electron chi connectivity index (χ4n) is 2.04. The van der Waals surface area contributed by atoms with E-state index in [-0.39, 0.29) is 5.56 Å². The quantitative estimate of drug-likeness (QED) is 0.642. The first-order chi connectivity index (χ1) is 9.45. The Kier molecular flexibility index (Phi) is 4.51. The second kappa shape index (κ2) is 5.98. The first-order valence-corrected chi connectivity index (χ1v) is 8.26. The molecule has 2 aromatic heterocycles. The van der Waals surface area contributed by atoms with Crippen LogP contribution in [0.3, 0.4) is 0 Å². The SMILES string of the molecule is Cc1sc2nc(SCC#N)n(CC(C)C)c(=O)c2c1C. The van der Waals surface area contributed by atoms with E-state index in [0.29, 0.717) is 23.4 Å². The van der Waals surface area contributed by atoms with Gasteiger partial charge in [0, 0.05) is 11.4 Å². The number of hydrogen-bond acceptors (Lipinski definition) is 5. The molecule has 20 heavy (non-hydrogen) atoms. The Hall–Kier alpha value is -1.32. The van der Waals surface area contributed by atoms with Crippen LogP contribution in [-0.2, 0) is 6.54 Å². The Morgan fingerprint density at radius 1 is 1.45 bits per heavy atom. The molecule has 0 radical (unpaired) electrons. The van der Waals surface area contributed by atoms with Crippen molar-refractivity contribution in [1.29, 1.82) is 5.26 Å². The van der Waals surface area contributed by atoms with Gasteiger partial charge in [0.15, 0.2) is 5.16 Å². The van der Waals surface area contributed by atoms with Gasteiger partial charge in [-0.2, -0.15) is 5.26 Å². The van der Waals surface area contributed by atoms with Gasteiger partial charge < -0.3 is 0 Å². The maximum absolute atomic E-state index is 12.7. The zero-order chi connectivity index (χ0) is 14.9. The number of fused-ring (bicyclic) bond motifs is 1. The third kappa shape index (κ3) is 2.74. The molecule has 0 amide bonds. The zero-order valence-corrected chi connectivity index (χ0v) is 13.7. The van der Waals surface area contributed by atoms with Crippen LogP contribution in [-0.4, -0.2) is 15.3 Å². The van der Waals surface area contributed by atoms with Crippen LogP contribution >= 0.6 is 23.1 Å². The van der Waals surface area contributed by atoms with Crippen molar-refractivity contribution in [3.05, 3.63) is 20.8 Å². The van der Waals surface area contributed by atoms with E-state index in [2.05, 4.69) is 24.9 Å². The molecule has 0 saturated heterocycles. The summed E-state index contributed by atoms with van der Waals surface area (Å²) in [4.78, 5) is 19.2. The summed E-state index contributed by atoms with van der Waals surface area (Å²) < 4.78 is 1.72. The van der Waals surface area contributed by atoms with E-state index < -0.39 is 0 Å². The molecule has 0 fully saturated rings.